The van der Waals surface area contributed by atoms with Crippen molar-refractivity contribution in [2.24, 2.45) is 0 Å². The average molecular weight is 335 g/mol. The highest BCUT2D eigenvalue weighted by Gasteiger charge is 2.34. The van der Waals surface area contributed by atoms with Gasteiger partial charge >= 0.3 is 12.0 Å². The molecule has 1 aromatic rings. The number of hydrogen-bond acceptors (Lipinski definition) is 4. The van der Waals surface area contributed by atoms with Gasteiger partial charge in [0.1, 0.15) is 5.75 Å². The molecular formula is C17H25N3O4. The summed E-state index contributed by atoms with van der Waals surface area (Å²) in [6.45, 7) is 3.17. The number of phenolic OH excluding ortho intramolecular Hbond substituents is 1. The molecule has 0 unspecified atom stereocenters. The van der Waals surface area contributed by atoms with Gasteiger partial charge in [-0.1, -0.05) is 19.1 Å². The first-order chi connectivity index (χ1) is 11.5. The second-order valence-corrected chi connectivity index (χ2v) is 6.10. The Morgan fingerprint density at radius 1 is 1.33 bits per heavy atom. The molecule has 1 saturated carbocycles. The highest BCUT2D eigenvalue weighted by molar-refractivity contribution is 5.74. The summed E-state index contributed by atoms with van der Waals surface area (Å²) in [6, 6.07) is 7.08. The van der Waals surface area contributed by atoms with Crippen molar-refractivity contribution in [2.75, 3.05) is 19.6 Å². The van der Waals surface area contributed by atoms with E-state index in [-0.39, 0.29) is 30.4 Å². The van der Waals surface area contributed by atoms with Crippen molar-refractivity contribution >= 4 is 12.0 Å². The lowest BCUT2D eigenvalue weighted by atomic mass is 9.85. The second kappa shape index (κ2) is 8.54. The van der Waals surface area contributed by atoms with Gasteiger partial charge in [-0.05, 0) is 43.5 Å². The maximum absolute atomic E-state index is 11.8. The molecular weight excluding hydrogens is 310 g/mol. The molecule has 0 saturated heterocycles. The fraction of sp³-hybridized carbons (Fsp3) is 0.529. The number of carboxylic acid groups (broad SMARTS) is 1. The number of phenols is 1. The molecule has 0 radical (unpaired) electrons. The van der Waals surface area contributed by atoms with E-state index in [1.807, 2.05) is 17.9 Å². The summed E-state index contributed by atoms with van der Waals surface area (Å²) in [6.07, 6.45) is 2.21. The minimum atomic E-state index is -0.821. The molecule has 0 spiro atoms. The van der Waals surface area contributed by atoms with Crippen molar-refractivity contribution in [1.82, 2.24) is 15.5 Å². The van der Waals surface area contributed by atoms with Gasteiger partial charge < -0.3 is 20.8 Å². The third-order valence-electron chi connectivity index (χ3n) is 4.32. The Morgan fingerprint density at radius 2 is 2.08 bits per heavy atom. The van der Waals surface area contributed by atoms with Crippen LogP contribution >= 0.6 is 0 Å². The lowest BCUT2D eigenvalue weighted by molar-refractivity contribution is -0.139. The molecule has 7 heteroatoms. The number of nitrogens with zero attached hydrogens (tertiary/aromatic N) is 1. The molecule has 2 amide bonds. The van der Waals surface area contributed by atoms with Gasteiger partial charge in [-0.15, -0.1) is 0 Å². The lowest BCUT2D eigenvalue weighted by Crippen LogP contribution is -2.56. The average Bonchev–Trinajstić information content (AvgIpc) is 2.48. The Balaban J connectivity index is 1.63. The quantitative estimate of drug-likeness (QED) is 0.571. The molecule has 0 bridgehead atoms. The molecule has 1 aliphatic rings. The standard InChI is InChI=1S/C17H25N3O4/c1-2-20(11-16(22)23)14-9-13(10-14)19-17(24)18-7-6-12-4-3-5-15(21)8-12/h3-5,8,13-14,21H,2,6-7,9-11H2,1H3,(H,22,23)(H2,18,19,24). The first-order valence-electron chi connectivity index (χ1n) is 8.26. The van der Waals surface area contributed by atoms with Crippen LogP contribution in [0.5, 0.6) is 5.75 Å². The van der Waals surface area contributed by atoms with Gasteiger partial charge in [0.15, 0.2) is 0 Å². The van der Waals surface area contributed by atoms with Crippen LogP contribution < -0.4 is 10.6 Å². The summed E-state index contributed by atoms with van der Waals surface area (Å²) in [5.74, 6) is -0.600. The second-order valence-electron chi connectivity index (χ2n) is 6.10. The number of carbonyl (C=O) groups is 2. The van der Waals surface area contributed by atoms with E-state index in [9.17, 15) is 14.7 Å². The number of nitrogens with one attached hydrogen (secondary N) is 2. The van der Waals surface area contributed by atoms with E-state index < -0.39 is 5.97 Å². The van der Waals surface area contributed by atoms with Crippen LogP contribution in [0.15, 0.2) is 24.3 Å². The van der Waals surface area contributed by atoms with Crippen LogP contribution in [-0.2, 0) is 11.2 Å². The Morgan fingerprint density at radius 3 is 2.71 bits per heavy atom. The van der Waals surface area contributed by atoms with Gasteiger partial charge in [-0.2, -0.15) is 0 Å². The number of benzene rings is 1. The zero-order chi connectivity index (χ0) is 17.5. The highest BCUT2D eigenvalue weighted by atomic mass is 16.4. The predicted octanol–water partition coefficient (Wildman–Crippen LogP) is 1.17. The van der Waals surface area contributed by atoms with Crippen molar-refractivity contribution in [2.45, 2.75) is 38.3 Å². The Kier molecular flexibility index (Phi) is 6.43. The zero-order valence-corrected chi connectivity index (χ0v) is 13.9. The number of aromatic hydroxyl groups is 1. The first-order valence-corrected chi connectivity index (χ1v) is 8.26. The topological polar surface area (TPSA) is 102 Å². The molecule has 0 heterocycles. The molecule has 0 atom stereocenters. The Bertz CT molecular complexity index is 573. The van der Waals surface area contributed by atoms with Crippen molar-refractivity contribution < 1.29 is 19.8 Å². The number of rotatable bonds is 8. The van der Waals surface area contributed by atoms with Gasteiger partial charge in [0, 0.05) is 18.6 Å². The number of urea groups is 1. The fourth-order valence-electron chi connectivity index (χ4n) is 2.95. The van der Waals surface area contributed by atoms with Crippen LogP contribution in [0.2, 0.25) is 0 Å². The maximum Gasteiger partial charge on any atom is 0.317 e. The number of carboxylic acids is 1. The molecule has 1 fully saturated rings. The molecule has 132 valence electrons. The van der Waals surface area contributed by atoms with E-state index in [1.165, 1.54) is 0 Å². The number of hydrogen-bond donors (Lipinski definition) is 4. The van der Waals surface area contributed by atoms with Crippen LogP contribution in [-0.4, -0.2) is 58.8 Å². The summed E-state index contributed by atoms with van der Waals surface area (Å²) in [5.41, 5.74) is 0.964. The fourth-order valence-corrected chi connectivity index (χ4v) is 2.95. The molecule has 24 heavy (non-hydrogen) atoms. The molecule has 0 aromatic heterocycles. The van der Waals surface area contributed by atoms with Crippen molar-refractivity contribution in [3.63, 3.8) is 0 Å². The van der Waals surface area contributed by atoms with Gasteiger partial charge in [-0.25, -0.2) is 4.79 Å². The molecule has 1 aromatic carbocycles. The number of likely N-dealkylation sites (N-methyl/N-ethyl adjacent to an activating group) is 1. The van der Waals surface area contributed by atoms with Crippen LogP contribution in [0, 0.1) is 0 Å². The molecule has 7 nitrogen and oxygen atoms in total. The van der Waals surface area contributed by atoms with E-state index in [0.717, 1.165) is 18.4 Å². The van der Waals surface area contributed by atoms with Crippen LogP contribution in [0.1, 0.15) is 25.3 Å². The van der Waals surface area contributed by atoms with Crippen LogP contribution in [0.4, 0.5) is 4.79 Å². The van der Waals surface area contributed by atoms with E-state index in [4.69, 9.17) is 5.11 Å². The van der Waals surface area contributed by atoms with Gasteiger partial charge in [0.2, 0.25) is 0 Å². The smallest absolute Gasteiger partial charge is 0.317 e. The summed E-state index contributed by atoms with van der Waals surface area (Å²) >= 11 is 0. The Hall–Kier alpha value is -2.28. The third kappa shape index (κ3) is 5.42. The molecule has 4 N–H and O–H groups in total. The first kappa shape index (κ1) is 18.1. The minimum absolute atomic E-state index is 0.0456. The number of amides is 2. The summed E-state index contributed by atoms with van der Waals surface area (Å²) in [7, 11) is 0. The largest absolute Gasteiger partial charge is 0.508 e. The normalized spacial score (nSPS) is 19.6. The SMILES string of the molecule is CCN(CC(=O)O)C1CC(NC(=O)NCCc2cccc(O)c2)C1. The highest BCUT2D eigenvalue weighted by Crippen LogP contribution is 2.25. The van der Waals surface area contributed by atoms with Gasteiger partial charge in [0.25, 0.3) is 0 Å². The summed E-state index contributed by atoms with van der Waals surface area (Å²) in [4.78, 5) is 24.6. The summed E-state index contributed by atoms with van der Waals surface area (Å²) < 4.78 is 0. The molecule has 0 aliphatic heterocycles. The number of aliphatic carboxylic acids is 1. The molecule has 2 rings (SSSR count). The maximum atomic E-state index is 11.8. The molecule has 1 aliphatic carbocycles. The summed E-state index contributed by atoms with van der Waals surface area (Å²) in [5, 5.41) is 24.0. The van der Waals surface area contributed by atoms with E-state index in [0.29, 0.717) is 19.5 Å². The number of carbonyl (C=O) groups excluding carboxylic acids is 1. The van der Waals surface area contributed by atoms with Gasteiger partial charge in [0.05, 0.1) is 6.54 Å². The Labute approximate surface area is 141 Å². The monoisotopic (exact) mass is 335 g/mol. The van der Waals surface area contributed by atoms with Crippen LogP contribution in [0.25, 0.3) is 0 Å². The van der Waals surface area contributed by atoms with Crippen LogP contribution in [0.3, 0.4) is 0 Å². The van der Waals surface area contributed by atoms with E-state index >= 15 is 0 Å². The minimum Gasteiger partial charge on any atom is -0.508 e. The van der Waals surface area contributed by atoms with E-state index in [1.54, 1.807) is 18.2 Å². The van der Waals surface area contributed by atoms with Crippen molar-refractivity contribution in [3.05, 3.63) is 29.8 Å². The zero-order valence-electron chi connectivity index (χ0n) is 13.9. The van der Waals surface area contributed by atoms with E-state index in [2.05, 4.69) is 10.6 Å². The van der Waals surface area contributed by atoms with Crippen molar-refractivity contribution in [3.8, 4) is 5.75 Å². The van der Waals surface area contributed by atoms with Crippen molar-refractivity contribution in [1.29, 1.82) is 0 Å². The predicted molar refractivity (Wildman–Crippen MR) is 90.0 cm³/mol. The third-order valence-corrected chi connectivity index (χ3v) is 4.32. The van der Waals surface area contributed by atoms with Gasteiger partial charge in [-0.3, -0.25) is 9.69 Å². The lowest BCUT2D eigenvalue weighted by Gasteiger charge is -2.42.